The molecule has 25 heavy (non-hydrogen) atoms. The first kappa shape index (κ1) is 16.4. The van der Waals surface area contributed by atoms with Crippen molar-refractivity contribution in [3.05, 3.63) is 41.7 Å². The molecule has 1 aromatic carbocycles. The molecule has 2 heterocycles. The van der Waals surface area contributed by atoms with Gasteiger partial charge in [0.1, 0.15) is 0 Å². The Morgan fingerprint density at radius 1 is 1.20 bits per heavy atom. The minimum Gasteiger partial charge on any atom is -0.481 e. The highest BCUT2D eigenvalue weighted by molar-refractivity contribution is 5.81. The van der Waals surface area contributed by atoms with Crippen molar-refractivity contribution < 1.29 is 9.90 Å². The molecule has 9 heteroatoms. The second-order valence-corrected chi connectivity index (χ2v) is 5.45. The number of anilines is 3. The van der Waals surface area contributed by atoms with Gasteiger partial charge >= 0.3 is 5.97 Å². The van der Waals surface area contributed by atoms with E-state index in [2.05, 4.69) is 25.3 Å². The van der Waals surface area contributed by atoms with Crippen molar-refractivity contribution in [2.24, 2.45) is 0 Å². The summed E-state index contributed by atoms with van der Waals surface area (Å²) >= 11 is 0. The lowest BCUT2D eigenvalue weighted by Gasteiger charge is -2.08. The van der Waals surface area contributed by atoms with E-state index in [1.807, 2.05) is 24.3 Å². The van der Waals surface area contributed by atoms with Gasteiger partial charge in [0, 0.05) is 12.1 Å². The predicted molar refractivity (Wildman–Crippen MR) is 93.7 cm³/mol. The van der Waals surface area contributed by atoms with Crippen molar-refractivity contribution >= 4 is 34.6 Å². The number of nitrogens with zero attached hydrogens (tertiary/aromatic N) is 4. The van der Waals surface area contributed by atoms with Crippen LogP contribution in [0.2, 0.25) is 0 Å². The third-order valence-corrected chi connectivity index (χ3v) is 3.53. The zero-order chi connectivity index (χ0) is 17.8. The van der Waals surface area contributed by atoms with Crippen LogP contribution in [0.4, 0.5) is 17.5 Å². The van der Waals surface area contributed by atoms with E-state index in [-0.39, 0.29) is 18.2 Å². The first-order valence-electron chi connectivity index (χ1n) is 7.60. The lowest BCUT2D eigenvalue weighted by atomic mass is 10.1. The van der Waals surface area contributed by atoms with Gasteiger partial charge in [-0.15, -0.1) is 0 Å². The third kappa shape index (κ3) is 4.08. The maximum absolute atomic E-state index is 10.7. The molecule has 6 N–H and O–H groups in total. The smallest absolute Gasteiger partial charge is 0.303 e. The molecule has 0 unspecified atom stereocenters. The number of carboxylic acid groups (broad SMARTS) is 1. The second-order valence-electron chi connectivity index (χ2n) is 5.45. The standard InChI is InChI=1S/C16H17N7O2/c17-14-13-15(23-16(18)22-14)20-8-11(21-13)7-19-10-3-1-2-9(6-10)4-5-12(24)25/h1-3,6,8,19H,4-5,7H2,(H,24,25)(H4,17,18,20,22,23). The summed E-state index contributed by atoms with van der Waals surface area (Å²) in [6.45, 7) is 0.426. The molecule has 0 aliphatic carbocycles. The monoisotopic (exact) mass is 339 g/mol. The number of nitrogen functional groups attached to an aromatic ring is 2. The van der Waals surface area contributed by atoms with E-state index in [1.54, 1.807) is 6.20 Å². The molecule has 0 radical (unpaired) electrons. The van der Waals surface area contributed by atoms with Gasteiger partial charge in [0.15, 0.2) is 17.0 Å². The molecule has 3 rings (SSSR count). The number of benzene rings is 1. The number of carbonyl (C=O) groups is 1. The van der Waals surface area contributed by atoms with E-state index >= 15 is 0 Å². The van der Waals surface area contributed by atoms with Crippen LogP contribution in [-0.2, 0) is 17.8 Å². The topological polar surface area (TPSA) is 153 Å². The lowest BCUT2D eigenvalue weighted by molar-refractivity contribution is -0.136. The number of aromatic nitrogens is 4. The van der Waals surface area contributed by atoms with E-state index in [4.69, 9.17) is 16.6 Å². The summed E-state index contributed by atoms with van der Waals surface area (Å²) in [6.07, 6.45) is 2.17. The molecule has 0 spiro atoms. The molecule has 0 saturated heterocycles. The Morgan fingerprint density at radius 3 is 2.84 bits per heavy atom. The first-order chi connectivity index (χ1) is 12.0. The number of hydrogen-bond donors (Lipinski definition) is 4. The van der Waals surface area contributed by atoms with Crippen LogP contribution in [0.25, 0.3) is 11.2 Å². The van der Waals surface area contributed by atoms with Crippen LogP contribution >= 0.6 is 0 Å². The lowest BCUT2D eigenvalue weighted by Crippen LogP contribution is -2.07. The summed E-state index contributed by atoms with van der Waals surface area (Å²) in [5.74, 6) is -0.568. The van der Waals surface area contributed by atoms with Crippen molar-refractivity contribution in [2.45, 2.75) is 19.4 Å². The van der Waals surface area contributed by atoms with E-state index in [1.165, 1.54) is 0 Å². The number of nitrogens with one attached hydrogen (secondary N) is 1. The molecule has 2 aromatic heterocycles. The summed E-state index contributed by atoms with van der Waals surface area (Å²) < 4.78 is 0. The number of nitrogens with two attached hydrogens (primary N) is 2. The predicted octanol–water partition coefficient (Wildman–Crippen LogP) is 1.21. The van der Waals surface area contributed by atoms with Crippen molar-refractivity contribution in [3.63, 3.8) is 0 Å². The number of fused-ring (bicyclic) bond motifs is 1. The van der Waals surface area contributed by atoms with Gasteiger partial charge in [0.2, 0.25) is 5.95 Å². The number of hydrogen-bond acceptors (Lipinski definition) is 8. The van der Waals surface area contributed by atoms with Crippen LogP contribution in [0.1, 0.15) is 17.7 Å². The van der Waals surface area contributed by atoms with E-state index < -0.39 is 5.97 Å². The average molecular weight is 339 g/mol. The highest BCUT2D eigenvalue weighted by Crippen LogP contribution is 2.16. The number of aliphatic carboxylic acids is 1. The molecule has 0 fully saturated rings. The Balaban J connectivity index is 1.72. The first-order valence-corrected chi connectivity index (χ1v) is 7.60. The highest BCUT2D eigenvalue weighted by Gasteiger charge is 2.08. The van der Waals surface area contributed by atoms with Crippen LogP contribution < -0.4 is 16.8 Å². The fraction of sp³-hybridized carbons (Fsp3) is 0.188. The quantitative estimate of drug-likeness (QED) is 0.519. The van der Waals surface area contributed by atoms with Gasteiger partial charge in [0.25, 0.3) is 0 Å². The zero-order valence-corrected chi connectivity index (χ0v) is 13.3. The normalized spacial score (nSPS) is 10.7. The van der Waals surface area contributed by atoms with Crippen molar-refractivity contribution in [1.82, 2.24) is 19.9 Å². The van der Waals surface area contributed by atoms with Gasteiger partial charge in [0.05, 0.1) is 18.4 Å². The maximum atomic E-state index is 10.7. The molecule has 0 atom stereocenters. The van der Waals surface area contributed by atoms with E-state index in [9.17, 15) is 4.79 Å². The van der Waals surface area contributed by atoms with Crippen molar-refractivity contribution in [1.29, 1.82) is 0 Å². The molecular formula is C16H17N7O2. The zero-order valence-electron chi connectivity index (χ0n) is 13.3. The van der Waals surface area contributed by atoms with Gasteiger partial charge in [-0.2, -0.15) is 9.97 Å². The van der Waals surface area contributed by atoms with Gasteiger partial charge in [-0.25, -0.2) is 9.97 Å². The highest BCUT2D eigenvalue weighted by atomic mass is 16.4. The van der Waals surface area contributed by atoms with E-state index in [0.29, 0.717) is 29.8 Å². The second kappa shape index (κ2) is 6.95. The Hall–Kier alpha value is -3.49. The molecule has 9 nitrogen and oxygen atoms in total. The number of aryl methyl sites for hydroxylation is 1. The van der Waals surface area contributed by atoms with Crippen LogP contribution in [0.3, 0.4) is 0 Å². The molecule has 0 amide bonds. The molecule has 3 aromatic rings. The van der Waals surface area contributed by atoms with E-state index in [0.717, 1.165) is 11.3 Å². The van der Waals surface area contributed by atoms with Crippen molar-refractivity contribution in [2.75, 3.05) is 16.8 Å². The largest absolute Gasteiger partial charge is 0.481 e. The summed E-state index contributed by atoms with van der Waals surface area (Å²) in [5.41, 5.74) is 14.6. The maximum Gasteiger partial charge on any atom is 0.303 e. The SMILES string of the molecule is Nc1nc(N)c2nc(CNc3cccc(CCC(=O)O)c3)cnc2n1. The van der Waals surface area contributed by atoms with Gasteiger partial charge in [-0.3, -0.25) is 4.79 Å². The Labute approximate surface area is 143 Å². The third-order valence-electron chi connectivity index (χ3n) is 3.53. The fourth-order valence-electron chi connectivity index (χ4n) is 2.35. The van der Waals surface area contributed by atoms with Crippen LogP contribution in [0.15, 0.2) is 30.5 Å². The van der Waals surface area contributed by atoms with Gasteiger partial charge in [-0.1, -0.05) is 12.1 Å². The molecule has 0 aliphatic rings. The van der Waals surface area contributed by atoms with Crippen molar-refractivity contribution in [3.8, 4) is 0 Å². The Kier molecular flexibility index (Phi) is 4.55. The molecule has 0 aliphatic heterocycles. The minimum atomic E-state index is -0.815. The van der Waals surface area contributed by atoms with Crippen LogP contribution in [0.5, 0.6) is 0 Å². The minimum absolute atomic E-state index is 0.0587. The number of rotatable bonds is 6. The molecular weight excluding hydrogens is 322 g/mol. The van der Waals surface area contributed by atoms with Gasteiger partial charge < -0.3 is 21.9 Å². The molecule has 0 bridgehead atoms. The Bertz CT molecular complexity index is 930. The summed E-state index contributed by atoms with van der Waals surface area (Å²) in [5, 5.41) is 12.0. The number of carboxylic acids is 1. The average Bonchev–Trinajstić information content (AvgIpc) is 2.58. The van der Waals surface area contributed by atoms with Crippen LogP contribution in [0, 0.1) is 0 Å². The Morgan fingerprint density at radius 2 is 2.04 bits per heavy atom. The van der Waals surface area contributed by atoms with Gasteiger partial charge in [-0.05, 0) is 24.1 Å². The molecule has 0 saturated carbocycles. The summed E-state index contributed by atoms with van der Waals surface area (Å²) in [6, 6.07) is 7.58. The summed E-state index contributed by atoms with van der Waals surface area (Å²) in [7, 11) is 0. The molecule has 128 valence electrons. The summed E-state index contributed by atoms with van der Waals surface area (Å²) in [4.78, 5) is 27.1. The fourth-order valence-corrected chi connectivity index (χ4v) is 2.35. The van der Waals surface area contributed by atoms with Crippen LogP contribution in [-0.4, -0.2) is 31.0 Å².